The summed E-state index contributed by atoms with van der Waals surface area (Å²) in [5.74, 6) is 0. The van der Waals surface area contributed by atoms with Gasteiger partial charge in [-0.15, -0.1) is 0 Å². The molecule has 1 unspecified atom stereocenters. The quantitative estimate of drug-likeness (QED) is 0.396. The van der Waals surface area contributed by atoms with E-state index in [9.17, 15) is 5.11 Å². The van der Waals surface area contributed by atoms with Gasteiger partial charge in [0.2, 0.25) is 6.29 Å². The lowest BCUT2D eigenvalue weighted by atomic mass is 10.1. The second-order valence-electron chi connectivity index (χ2n) is 2.35. The van der Waals surface area contributed by atoms with E-state index < -0.39 is 6.29 Å². The number of benzene rings is 1. The molecule has 62 valence electrons. The van der Waals surface area contributed by atoms with Crippen molar-refractivity contribution < 1.29 is 9.94 Å². The zero-order valence-corrected chi connectivity index (χ0v) is 6.99. The second-order valence-corrected chi connectivity index (χ2v) is 3.13. The van der Waals surface area contributed by atoms with Gasteiger partial charge in [-0.3, -0.25) is 0 Å². The number of hydrogen-bond donors (Lipinski definition) is 1. The molecular formula is C8H7NO2S. The van der Waals surface area contributed by atoms with Crippen molar-refractivity contribution in [3.8, 4) is 0 Å². The van der Waals surface area contributed by atoms with Gasteiger partial charge >= 0.3 is 0 Å². The summed E-state index contributed by atoms with van der Waals surface area (Å²) in [6.45, 7) is 0. The molecule has 0 radical (unpaired) electrons. The van der Waals surface area contributed by atoms with E-state index in [1.807, 2.05) is 30.3 Å². The van der Waals surface area contributed by atoms with Crippen LogP contribution in [0.15, 0.2) is 30.3 Å². The van der Waals surface area contributed by atoms with Crippen LogP contribution in [0.25, 0.3) is 4.89 Å². The first-order valence-corrected chi connectivity index (χ1v) is 4.29. The maximum atomic E-state index is 9.27. The average molecular weight is 181 g/mol. The van der Waals surface area contributed by atoms with Gasteiger partial charge in [0, 0.05) is 5.56 Å². The Morgan fingerprint density at radius 2 is 2.08 bits per heavy atom. The summed E-state index contributed by atoms with van der Waals surface area (Å²) in [5, 5.41) is 9.27. The molecule has 2 rings (SSSR count). The van der Waals surface area contributed by atoms with E-state index in [0.717, 1.165) is 10.4 Å². The highest BCUT2D eigenvalue weighted by atomic mass is 32.1. The highest BCUT2D eigenvalue weighted by Gasteiger charge is 2.24. The molecule has 4 heteroatoms. The molecule has 3 nitrogen and oxygen atoms in total. The molecule has 0 fully saturated rings. The minimum atomic E-state index is -0.891. The minimum Gasteiger partial charge on any atom is -0.401 e. The molecule has 1 aliphatic heterocycles. The van der Waals surface area contributed by atoms with Gasteiger partial charge in [-0.25, -0.2) is 4.89 Å². The van der Waals surface area contributed by atoms with Gasteiger partial charge < -0.3 is 9.94 Å². The Bertz CT molecular complexity index is 299. The lowest BCUT2D eigenvalue weighted by molar-refractivity contribution is 0.00683. The monoisotopic (exact) mass is 181 g/mol. The molecule has 0 aromatic heterocycles. The zero-order chi connectivity index (χ0) is 8.39. The van der Waals surface area contributed by atoms with Crippen LogP contribution in [0.1, 0.15) is 5.56 Å². The second kappa shape index (κ2) is 3.28. The molecule has 1 aromatic rings. The Kier molecular flexibility index (Phi) is 2.14. The van der Waals surface area contributed by atoms with Crippen molar-refractivity contribution in [3.63, 3.8) is 0 Å². The molecule has 0 spiro atoms. The highest BCUT2D eigenvalue weighted by molar-refractivity contribution is 7.82. The lowest BCUT2D eigenvalue weighted by Gasteiger charge is -2.02. The molecule has 12 heavy (non-hydrogen) atoms. The molecule has 1 aromatic carbocycles. The first-order chi connectivity index (χ1) is 5.88. The first kappa shape index (κ1) is 7.82. The molecule has 0 saturated heterocycles. The van der Waals surface area contributed by atoms with Crippen molar-refractivity contribution in [3.05, 3.63) is 40.8 Å². The van der Waals surface area contributed by atoms with E-state index in [0.29, 0.717) is 0 Å². The molecule has 1 heterocycles. The van der Waals surface area contributed by atoms with Gasteiger partial charge in [0.05, 0.1) is 0 Å². The Morgan fingerprint density at radius 1 is 1.33 bits per heavy atom. The van der Waals surface area contributed by atoms with Gasteiger partial charge in [-0.1, -0.05) is 18.2 Å². The third kappa shape index (κ3) is 1.37. The standard InChI is InChI=1S/C8H7NO2S/c10-8-7(12-9-11-8)6-4-2-1-3-5-6/h1-5,8,10H. The van der Waals surface area contributed by atoms with Crippen molar-refractivity contribution in [2.75, 3.05) is 0 Å². The van der Waals surface area contributed by atoms with Crippen molar-refractivity contribution in [2.24, 2.45) is 0 Å². The SMILES string of the molecule is OC1O[N-][S+]=C1c1ccccc1. The van der Waals surface area contributed by atoms with Crippen LogP contribution in [0.5, 0.6) is 0 Å². The van der Waals surface area contributed by atoms with Gasteiger partial charge in [-0.2, -0.15) is 0 Å². The zero-order valence-electron chi connectivity index (χ0n) is 6.18. The average Bonchev–Trinajstić information content (AvgIpc) is 2.53. The molecule has 1 atom stereocenters. The number of rotatable bonds is 1. The molecule has 1 N–H and O–H groups in total. The summed E-state index contributed by atoms with van der Waals surface area (Å²) in [5.41, 5.74) is 0.955. The summed E-state index contributed by atoms with van der Waals surface area (Å²) in [6.07, 6.45) is -0.891. The van der Waals surface area contributed by atoms with E-state index in [2.05, 4.69) is 9.72 Å². The smallest absolute Gasteiger partial charge is 0.251 e. The number of aliphatic hydroxyl groups is 1. The van der Waals surface area contributed by atoms with Crippen LogP contribution in [0.4, 0.5) is 0 Å². The Balaban J connectivity index is 2.31. The summed E-state index contributed by atoms with van der Waals surface area (Å²) in [7, 11) is 0. The lowest BCUT2D eigenvalue weighted by Crippen LogP contribution is -2.18. The summed E-state index contributed by atoms with van der Waals surface area (Å²) >= 11 is 1.17. The maximum absolute atomic E-state index is 9.27. The summed E-state index contributed by atoms with van der Waals surface area (Å²) < 4.78 is 0. The molecular weight excluding hydrogens is 174 g/mol. The molecule has 0 amide bonds. The van der Waals surface area contributed by atoms with Crippen LogP contribution in [0.3, 0.4) is 0 Å². The van der Waals surface area contributed by atoms with Crippen molar-refractivity contribution in [1.82, 2.24) is 0 Å². The first-order valence-electron chi connectivity index (χ1n) is 3.51. The van der Waals surface area contributed by atoms with Gasteiger partial charge in [0.1, 0.15) is 11.5 Å². The van der Waals surface area contributed by atoms with Crippen LogP contribution in [-0.2, 0) is 16.4 Å². The van der Waals surface area contributed by atoms with Crippen molar-refractivity contribution in [2.45, 2.75) is 6.29 Å². The molecule has 1 aliphatic rings. The molecule has 0 saturated carbocycles. The fourth-order valence-corrected chi connectivity index (χ4v) is 1.57. The largest absolute Gasteiger partial charge is 0.401 e. The minimum absolute atomic E-state index is 0.746. The van der Waals surface area contributed by atoms with Crippen LogP contribution in [0.2, 0.25) is 0 Å². The predicted octanol–water partition coefficient (Wildman–Crippen LogP) is 0.842. The Morgan fingerprint density at radius 3 is 2.67 bits per heavy atom. The van der Waals surface area contributed by atoms with Crippen molar-refractivity contribution in [1.29, 1.82) is 0 Å². The van der Waals surface area contributed by atoms with E-state index >= 15 is 0 Å². The topological polar surface area (TPSA) is 43.6 Å². The van der Waals surface area contributed by atoms with Gasteiger partial charge in [0.15, 0.2) is 0 Å². The third-order valence-corrected chi connectivity index (χ3v) is 2.36. The van der Waals surface area contributed by atoms with Crippen LogP contribution < -0.4 is 0 Å². The molecule has 0 aliphatic carbocycles. The summed E-state index contributed by atoms with van der Waals surface area (Å²) in [6, 6.07) is 9.57. The van der Waals surface area contributed by atoms with E-state index in [1.165, 1.54) is 11.5 Å². The van der Waals surface area contributed by atoms with Crippen LogP contribution in [-0.4, -0.2) is 16.3 Å². The Hall–Kier alpha value is -0.810. The van der Waals surface area contributed by atoms with E-state index in [1.54, 1.807) is 0 Å². The van der Waals surface area contributed by atoms with E-state index in [-0.39, 0.29) is 0 Å². The number of hydrogen-bond acceptors (Lipinski definition) is 2. The fourth-order valence-electron chi connectivity index (χ4n) is 0.993. The fraction of sp³-hybridized carbons (Fsp3) is 0.125. The van der Waals surface area contributed by atoms with Gasteiger partial charge in [-0.05, 0) is 12.1 Å². The van der Waals surface area contributed by atoms with Crippen LogP contribution in [0, 0.1) is 0 Å². The highest BCUT2D eigenvalue weighted by Crippen LogP contribution is 2.13. The predicted molar refractivity (Wildman–Crippen MR) is 48.4 cm³/mol. The van der Waals surface area contributed by atoms with Crippen LogP contribution >= 0.6 is 0 Å². The number of nitrogens with zero attached hydrogens (tertiary/aromatic N) is 1. The Labute approximate surface area is 74.0 Å². The maximum Gasteiger partial charge on any atom is 0.251 e. The number of aliphatic hydroxyl groups excluding tert-OH is 1. The van der Waals surface area contributed by atoms with E-state index in [4.69, 9.17) is 0 Å². The summed E-state index contributed by atoms with van der Waals surface area (Å²) in [4.78, 5) is 8.92. The van der Waals surface area contributed by atoms with Crippen molar-refractivity contribution >= 4 is 16.4 Å². The molecule has 0 bridgehead atoms. The normalized spacial score (nSPS) is 22.4. The van der Waals surface area contributed by atoms with Gasteiger partial charge in [0.25, 0.3) is 4.86 Å². The third-order valence-electron chi connectivity index (χ3n) is 1.56.